The SMILES string of the molecule is CC(=O)O[C@H]1CC[C@]2(C)[C@H]3CC[C@@H]4C(=CC[C@@]5(C)CCC(C)(C)C[C@@H]45)[C@]3(C)CC[C@H]2C1(C)C. The van der Waals surface area contributed by atoms with Crippen molar-refractivity contribution >= 4 is 5.97 Å². The lowest BCUT2D eigenvalue weighted by Crippen LogP contribution is -2.61. The summed E-state index contributed by atoms with van der Waals surface area (Å²) in [6, 6.07) is 0. The second kappa shape index (κ2) is 7.36. The number of rotatable bonds is 1. The van der Waals surface area contributed by atoms with Crippen LogP contribution in [0.1, 0.15) is 120 Å². The first-order valence-corrected chi connectivity index (χ1v) is 14.1. The first-order chi connectivity index (χ1) is 15.2. The molecule has 0 spiro atoms. The van der Waals surface area contributed by atoms with Gasteiger partial charge in [-0.1, -0.05) is 60.1 Å². The Morgan fingerprint density at radius 3 is 2.30 bits per heavy atom. The highest BCUT2D eigenvalue weighted by molar-refractivity contribution is 5.66. The van der Waals surface area contributed by atoms with E-state index in [0.29, 0.717) is 27.6 Å². The van der Waals surface area contributed by atoms with Crippen LogP contribution in [0.2, 0.25) is 0 Å². The van der Waals surface area contributed by atoms with Gasteiger partial charge in [-0.25, -0.2) is 0 Å². The summed E-state index contributed by atoms with van der Waals surface area (Å²) in [5.41, 5.74) is 3.68. The fourth-order valence-corrected chi connectivity index (χ4v) is 10.6. The monoisotopic (exact) mass is 454 g/mol. The summed E-state index contributed by atoms with van der Waals surface area (Å²) in [7, 11) is 0. The van der Waals surface area contributed by atoms with E-state index in [1.807, 2.05) is 5.57 Å². The summed E-state index contributed by atoms with van der Waals surface area (Å²) in [5.74, 6) is 2.99. The van der Waals surface area contributed by atoms with Crippen LogP contribution < -0.4 is 0 Å². The molecule has 0 bridgehead atoms. The third-order valence-corrected chi connectivity index (χ3v) is 12.4. The second-order valence-corrected chi connectivity index (χ2v) is 15.2. The quantitative estimate of drug-likeness (QED) is 0.294. The van der Waals surface area contributed by atoms with Gasteiger partial charge in [0.25, 0.3) is 0 Å². The van der Waals surface area contributed by atoms with Crippen LogP contribution in [0.5, 0.6) is 0 Å². The number of fused-ring (bicyclic) bond motifs is 7. The zero-order chi connectivity index (χ0) is 24.0. The maximum Gasteiger partial charge on any atom is 0.302 e. The van der Waals surface area contributed by atoms with Crippen LogP contribution in [0.3, 0.4) is 0 Å². The van der Waals surface area contributed by atoms with Crippen molar-refractivity contribution in [1.82, 2.24) is 0 Å². The van der Waals surface area contributed by atoms with Gasteiger partial charge in [0.2, 0.25) is 0 Å². The van der Waals surface area contributed by atoms with Gasteiger partial charge in [-0.05, 0) is 110 Å². The first-order valence-electron chi connectivity index (χ1n) is 14.1. The minimum absolute atomic E-state index is 0.0593. The fourth-order valence-electron chi connectivity index (χ4n) is 10.6. The molecule has 0 aliphatic heterocycles. The number of ether oxygens (including phenoxy) is 1. The molecule has 0 aromatic heterocycles. The van der Waals surface area contributed by atoms with Crippen molar-refractivity contribution in [2.24, 2.45) is 50.7 Å². The van der Waals surface area contributed by atoms with Crippen molar-refractivity contribution in [1.29, 1.82) is 0 Å². The molecule has 0 unspecified atom stereocenters. The van der Waals surface area contributed by atoms with Gasteiger partial charge >= 0.3 is 5.97 Å². The minimum Gasteiger partial charge on any atom is -0.462 e. The molecule has 4 saturated carbocycles. The third-order valence-electron chi connectivity index (χ3n) is 12.4. The Kier molecular flexibility index (Phi) is 5.34. The number of carbonyl (C=O) groups excluding carboxylic acids is 1. The Bertz CT molecular complexity index is 851. The standard InChI is InChI=1S/C31H50O2/c1-20(32)33-26-13-16-31(8)24(28(26,4)5)12-15-30(7)22-11-14-29(6)18-17-27(2,3)19-23(29)21(22)9-10-25(30)31/h11,21,23-26H,9-10,12-19H2,1-8H3/t21-,23+,24+,25+,26+,29+,30+,31+/m1/s1. The number of hydrogen-bond acceptors (Lipinski definition) is 2. The van der Waals surface area contributed by atoms with Crippen molar-refractivity contribution in [3.8, 4) is 0 Å². The van der Waals surface area contributed by atoms with Crippen LogP contribution >= 0.6 is 0 Å². The van der Waals surface area contributed by atoms with Crippen molar-refractivity contribution in [3.63, 3.8) is 0 Å². The van der Waals surface area contributed by atoms with Gasteiger partial charge in [0, 0.05) is 12.3 Å². The normalized spacial score (nSPS) is 50.1. The number of hydrogen-bond donors (Lipinski definition) is 0. The highest BCUT2D eigenvalue weighted by atomic mass is 16.5. The second-order valence-electron chi connectivity index (χ2n) is 15.2. The van der Waals surface area contributed by atoms with E-state index in [4.69, 9.17) is 4.74 Å². The molecule has 0 heterocycles. The zero-order valence-electron chi connectivity index (χ0n) is 22.9. The number of allylic oxidation sites excluding steroid dienone is 2. The molecule has 0 N–H and O–H groups in total. The van der Waals surface area contributed by atoms with Gasteiger partial charge in [-0.2, -0.15) is 0 Å². The van der Waals surface area contributed by atoms with Crippen LogP contribution in [0.4, 0.5) is 0 Å². The fraction of sp³-hybridized carbons (Fsp3) is 0.903. The summed E-state index contributed by atoms with van der Waals surface area (Å²) < 4.78 is 5.89. The Morgan fingerprint density at radius 1 is 0.879 bits per heavy atom. The summed E-state index contributed by atoms with van der Waals surface area (Å²) in [5, 5.41) is 0. The van der Waals surface area contributed by atoms with Crippen LogP contribution in [0.15, 0.2) is 11.6 Å². The topological polar surface area (TPSA) is 26.3 Å². The van der Waals surface area contributed by atoms with Crippen LogP contribution in [-0.2, 0) is 9.53 Å². The summed E-state index contributed by atoms with van der Waals surface area (Å²) in [6.45, 7) is 19.3. The molecular weight excluding hydrogens is 404 g/mol. The van der Waals surface area contributed by atoms with Crippen molar-refractivity contribution < 1.29 is 9.53 Å². The molecule has 8 atom stereocenters. The van der Waals surface area contributed by atoms with E-state index in [1.165, 1.54) is 57.8 Å². The Labute approximate surface area is 203 Å². The average molecular weight is 455 g/mol. The maximum atomic E-state index is 11.8. The molecule has 0 radical (unpaired) electrons. The molecule has 5 rings (SSSR count). The van der Waals surface area contributed by atoms with Crippen molar-refractivity contribution in [2.45, 2.75) is 126 Å². The minimum atomic E-state index is -0.108. The third kappa shape index (κ3) is 3.42. The summed E-state index contributed by atoms with van der Waals surface area (Å²) in [4.78, 5) is 11.8. The Morgan fingerprint density at radius 2 is 1.61 bits per heavy atom. The van der Waals surface area contributed by atoms with Crippen LogP contribution in [0.25, 0.3) is 0 Å². The predicted octanol–water partition coefficient (Wildman–Crippen LogP) is 8.35. The van der Waals surface area contributed by atoms with Gasteiger partial charge < -0.3 is 4.74 Å². The van der Waals surface area contributed by atoms with E-state index >= 15 is 0 Å². The van der Waals surface area contributed by atoms with E-state index in [9.17, 15) is 4.79 Å². The summed E-state index contributed by atoms with van der Waals surface area (Å²) in [6.07, 6.45) is 16.0. The van der Waals surface area contributed by atoms with Crippen molar-refractivity contribution in [3.05, 3.63) is 11.6 Å². The first kappa shape index (κ1) is 23.9. The summed E-state index contributed by atoms with van der Waals surface area (Å²) >= 11 is 0. The van der Waals surface area contributed by atoms with Crippen LogP contribution in [-0.4, -0.2) is 12.1 Å². The van der Waals surface area contributed by atoms with Crippen LogP contribution in [0, 0.1) is 50.7 Å². The van der Waals surface area contributed by atoms with Crippen molar-refractivity contribution in [2.75, 3.05) is 0 Å². The number of carbonyl (C=O) groups is 1. The molecular formula is C31H50O2. The largest absolute Gasteiger partial charge is 0.462 e. The van der Waals surface area contributed by atoms with Gasteiger partial charge in [-0.15, -0.1) is 0 Å². The van der Waals surface area contributed by atoms with E-state index in [-0.39, 0.29) is 17.5 Å². The highest BCUT2D eigenvalue weighted by Gasteiger charge is 2.64. The predicted molar refractivity (Wildman–Crippen MR) is 136 cm³/mol. The van der Waals surface area contributed by atoms with Gasteiger partial charge in [0.1, 0.15) is 6.10 Å². The molecule has 186 valence electrons. The Balaban J connectivity index is 1.47. The zero-order valence-corrected chi connectivity index (χ0v) is 22.9. The maximum absolute atomic E-state index is 11.8. The lowest BCUT2D eigenvalue weighted by Gasteiger charge is -2.68. The molecule has 2 heteroatoms. The average Bonchev–Trinajstić information content (AvgIpc) is 2.70. The number of esters is 1. The van der Waals surface area contributed by atoms with E-state index in [0.717, 1.165) is 24.2 Å². The lowest BCUT2D eigenvalue weighted by atomic mass is 9.37. The molecule has 5 aliphatic carbocycles. The molecule has 5 aliphatic rings. The van der Waals surface area contributed by atoms with Gasteiger partial charge in [-0.3, -0.25) is 4.79 Å². The molecule has 0 saturated heterocycles. The van der Waals surface area contributed by atoms with E-state index in [1.54, 1.807) is 6.92 Å². The van der Waals surface area contributed by atoms with E-state index < -0.39 is 0 Å². The van der Waals surface area contributed by atoms with Gasteiger partial charge in [0.05, 0.1) is 0 Å². The van der Waals surface area contributed by atoms with E-state index in [2.05, 4.69) is 54.5 Å². The Hall–Kier alpha value is -0.790. The molecule has 4 fully saturated rings. The molecule has 33 heavy (non-hydrogen) atoms. The molecule has 0 amide bonds. The lowest BCUT2D eigenvalue weighted by molar-refractivity contribution is -0.194. The smallest absolute Gasteiger partial charge is 0.302 e. The molecule has 2 nitrogen and oxygen atoms in total. The molecule has 0 aromatic rings. The highest BCUT2D eigenvalue weighted by Crippen LogP contribution is 2.72. The molecule has 0 aromatic carbocycles. The van der Waals surface area contributed by atoms with Gasteiger partial charge in [0.15, 0.2) is 0 Å².